The average molecular weight is 258 g/mol. The summed E-state index contributed by atoms with van der Waals surface area (Å²) >= 11 is 0. The zero-order valence-corrected chi connectivity index (χ0v) is 10.6. The Labute approximate surface area is 102 Å². The molecule has 5 nitrogen and oxygen atoms in total. The van der Waals surface area contributed by atoms with E-state index in [1.54, 1.807) is 8.61 Å². The van der Waals surface area contributed by atoms with Gasteiger partial charge in [0, 0.05) is 25.2 Å². The van der Waals surface area contributed by atoms with E-state index in [1.807, 2.05) is 6.08 Å². The second-order valence-corrected chi connectivity index (χ2v) is 6.65. The molecule has 6 heteroatoms. The number of morpholine rings is 1. The van der Waals surface area contributed by atoms with Crippen molar-refractivity contribution in [3.63, 3.8) is 0 Å². The SMILES string of the molecule is O=S(=O)(N1CCOCC1)N1C2C=CCC1CC2. The third kappa shape index (κ3) is 1.93. The van der Waals surface area contributed by atoms with Gasteiger partial charge in [0.2, 0.25) is 0 Å². The lowest BCUT2D eigenvalue weighted by atomic mass is 10.2. The molecule has 0 radical (unpaired) electrons. The maximum atomic E-state index is 12.6. The van der Waals surface area contributed by atoms with Gasteiger partial charge in [0.25, 0.3) is 10.2 Å². The third-order valence-electron chi connectivity index (χ3n) is 3.81. The molecule has 96 valence electrons. The normalized spacial score (nSPS) is 35.3. The van der Waals surface area contributed by atoms with Gasteiger partial charge in [-0.1, -0.05) is 12.2 Å². The Morgan fingerprint density at radius 1 is 1.18 bits per heavy atom. The molecular weight excluding hydrogens is 240 g/mol. The number of fused-ring (bicyclic) bond motifs is 2. The maximum absolute atomic E-state index is 12.6. The fourth-order valence-electron chi connectivity index (χ4n) is 2.95. The number of hydrogen-bond acceptors (Lipinski definition) is 3. The molecule has 0 aromatic heterocycles. The molecule has 0 spiro atoms. The molecule has 0 aromatic carbocycles. The molecule has 0 N–H and O–H groups in total. The van der Waals surface area contributed by atoms with Crippen molar-refractivity contribution in [2.45, 2.75) is 31.3 Å². The van der Waals surface area contributed by atoms with E-state index in [4.69, 9.17) is 4.74 Å². The van der Waals surface area contributed by atoms with Gasteiger partial charge in [-0.05, 0) is 19.3 Å². The van der Waals surface area contributed by atoms with Crippen molar-refractivity contribution in [1.82, 2.24) is 8.61 Å². The van der Waals surface area contributed by atoms with Crippen LogP contribution in [0, 0.1) is 0 Å². The zero-order valence-electron chi connectivity index (χ0n) is 9.79. The minimum atomic E-state index is -3.29. The Morgan fingerprint density at radius 3 is 2.65 bits per heavy atom. The summed E-state index contributed by atoms with van der Waals surface area (Å²) < 4.78 is 33.6. The van der Waals surface area contributed by atoms with E-state index in [-0.39, 0.29) is 12.1 Å². The molecule has 3 heterocycles. The summed E-state index contributed by atoms with van der Waals surface area (Å²) in [5.74, 6) is 0. The van der Waals surface area contributed by atoms with Crippen LogP contribution in [0.15, 0.2) is 12.2 Å². The lowest BCUT2D eigenvalue weighted by molar-refractivity contribution is 0.0693. The zero-order chi connectivity index (χ0) is 11.9. The molecule has 3 rings (SSSR count). The van der Waals surface area contributed by atoms with Gasteiger partial charge in [0.1, 0.15) is 0 Å². The first-order valence-corrected chi connectivity index (χ1v) is 7.62. The monoisotopic (exact) mass is 258 g/mol. The van der Waals surface area contributed by atoms with Gasteiger partial charge >= 0.3 is 0 Å². The van der Waals surface area contributed by atoms with E-state index in [1.165, 1.54) is 0 Å². The van der Waals surface area contributed by atoms with Crippen molar-refractivity contribution in [3.8, 4) is 0 Å². The average Bonchev–Trinajstić information content (AvgIpc) is 2.62. The minimum Gasteiger partial charge on any atom is -0.379 e. The third-order valence-corrected chi connectivity index (χ3v) is 5.93. The van der Waals surface area contributed by atoms with Crippen LogP contribution in [0.25, 0.3) is 0 Å². The highest BCUT2D eigenvalue weighted by Crippen LogP contribution is 2.35. The molecule has 2 bridgehead atoms. The number of hydrogen-bond donors (Lipinski definition) is 0. The molecule has 0 amide bonds. The first-order chi connectivity index (χ1) is 8.19. The molecular formula is C11H18N2O3S. The largest absolute Gasteiger partial charge is 0.379 e. The van der Waals surface area contributed by atoms with Crippen LogP contribution < -0.4 is 0 Å². The van der Waals surface area contributed by atoms with Crippen LogP contribution >= 0.6 is 0 Å². The fourth-order valence-corrected chi connectivity index (χ4v) is 4.92. The van der Waals surface area contributed by atoms with Gasteiger partial charge in [0.15, 0.2) is 0 Å². The Hall–Kier alpha value is -0.430. The van der Waals surface area contributed by atoms with Crippen LogP contribution in [0.2, 0.25) is 0 Å². The van der Waals surface area contributed by atoms with Gasteiger partial charge in [-0.15, -0.1) is 0 Å². The predicted molar refractivity (Wildman–Crippen MR) is 63.7 cm³/mol. The van der Waals surface area contributed by atoms with E-state index in [9.17, 15) is 8.42 Å². The molecule has 3 aliphatic heterocycles. The van der Waals surface area contributed by atoms with Gasteiger partial charge in [0.05, 0.1) is 13.2 Å². The Bertz CT molecular complexity index is 414. The Balaban J connectivity index is 1.85. The highest BCUT2D eigenvalue weighted by atomic mass is 32.2. The lowest BCUT2D eigenvalue weighted by Crippen LogP contribution is -2.52. The van der Waals surface area contributed by atoms with Crippen LogP contribution in [0.5, 0.6) is 0 Å². The lowest BCUT2D eigenvalue weighted by Gasteiger charge is -2.36. The van der Waals surface area contributed by atoms with Crippen LogP contribution in [0.4, 0.5) is 0 Å². The van der Waals surface area contributed by atoms with Gasteiger partial charge in [-0.3, -0.25) is 0 Å². The van der Waals surface area contributed by atoms with E-state index < -0.39 is 10.2 Å². The molecule has 2 saturated heterocycles. The summed E-state index contributed by atoms with van der Waals surface area (Å²) in [6.07, 6.45) is 6.97. The fraction of sp³-hybridized carbons (Fsp3) is 0.818. The topological polar surface area (TPSA) is 49.9 Å². The summed E-state index contributed by atoms with van der Waals surface area (Å²) in [5.41, 5.74) is 0. The van der Waals surface area contributed by atoms with Gasteiger partial charge < -0.3 is 4.74 Å². The number of nitrogens with zero attached hydrogens (tertiary/aromatic N) is 2. The summed E-state index contributed by atoms with van der Waals surface area (Å²) in [4.78, 5) is 0. The standard InChI is InChI=1S/C11H18N2O3S/c14-17(15,12-6-8-16-9-7-12)13-10-2-1-3-11(13)5-4-10/h1-2,10-11H,3-9H2. The summed E-state index contributed by atoms with van der Waals surface area (Å²) in [5, 5.41) is 0. The van der Waals surface area contributed by atoms with Gasteiger partial charge in [-0.2, -0.15) is 17.0 Å². The predicted octanol–water partition coefficient (Wildman–Crippen LogP) is 0.356. The smallest absolute Gasteiger partial charge is 0.282 e. The molecule has 2 unspecified atom stereocenters. The van der Waals surface area contributed by atoms with Crippen molar-refractivity contribution in [2.75, 3.05) is 26.3 Å². The van der Waals surface area contributed by atoms with E-state index in [0.29, 0.717) is 26.3 Å². The summed E-state index contributed by atoms with van der Waals surface area (Å²) in [7, 11) is -3.29. The Kier molecular flexibility index (Phi) is 2.98. The molecule has 0 aromatic rings. The first-order valence-electron chi connectivity index (χ1n) is 6.22. The minimum absolute atomic E-state index is 0.0848. The van der Waals surface area contributed by atoms with E-state index in [0.717, 1.165) is 19.3 Å². The Morgan fingerprint density at radius 2 is 1.94 bits per heavy atom. The first kappa shape index (κ1) is 11.6. The molecule has 3 aliphatic rings. The number of ether oxygens (including phenoxy) is 1. The van der Waals surface area contributed by atoms with E-state index >= 15 is 0 Å². The molecule has 2 fully saturated rings. The van der Waals surface area contributed by atoms with Crippen molar-refractivity contribution in [3.05, 3.63) is 12.2 Å². The second kappa shape index (κ2) is 4.35. The van der Waals surface area contributed by atoms with Crippen LogP contribution in [0.3, 0.4) is 0 Å². The highest BCUT2D eigenvalue weighted by molar-refractivity contribution is 7.86. The molecule has 2 atom stereocenters. The summed E-state index contributed by atoms with van der Waals surface area (Å²) in [6.45, 7) is 2.00. The number of rotatable bonds is 2. The van der Waals surface area contributed by atoms with Crippen LogP contribution in [-0.2, 0) is 14.9 Å². The van der Waals surface area contributed by atoms with E-state index in [2.05, 4.69) is 6.08 Å². The molecule has 0 saturated carbocycles. The van der Waals surface area contributed by atoms with Crippen molar-refractivity contribution in [2.24, 2.45) is 0 Å². The molecule has 0 aliphatic carbocycles. The maximum Gasteiger partial charge on any atom is 0.282 e. The molecule has 17 heavy (non-hydrogen) atoms. The second-order valence-electron chi connectivity index (χ2n) is 4.81. The van der Waals surface area contributed by atoms with Crippen LogP contribution in [0.1, 0.15) is 19.3 Å². The van der Waals surface area contributed by atoms with Crippen molar-refractivity contribution < 1.29 is 13.2 Å². The highest BCUT2D eigenvalue weighted by Gasteiger charge is 2.44. The summed E-state index contributed by atoms with van der Waals surface area (Å²) in [6, 6.07) is 0.263. The van der Waals surface area contributed by atoms with Crippen molar-refractivity contribution >= 4 is 10.2 Å². The van der Waals surface area contributed by atoms with Crippen LogP contribution in [-0.4, -0.2) is 55.4 Å². The van der Waals surface area contributed by atoms with Gasteiger partial charge in [-0.25, -0.2) is 0 Å². The van der Waals surface area contributed by atoms with Crippen molar-refractivity contribution in [1.29, 1.82) is 0 Å². The quantitative estimate of drug-likeness (QED) is 0.672.